The van der Waals surface area contributed by atoms with E-state index in [0.29, 0.717) is 82.9 Å². The van der Waals surface area contributed by atoms with Crippen molar-refractivity contribution in [3.8, 4) is 0 Å². The third-order valence-corrected chi connectivity index (χ3v) is 11.1. The molecule has 0 aromatic rings. The van der Waals surface area contributed by atoms with Gasteiger partial charge in [0, 0.05) is 0 Å². The van der Waals surface area contributed by atoms with Gasteiger partial charge < -0.3 is 0 Å². The summed E-state index contributed by atoms with van der Waals surface area (Å²) in [6, 6.07) is 0. The highest BCUT2D eigenvalue weighted by molar-refractivity contribution is 9.12. The van der Waals surface area contributed by atoms with Crippen LogP contribution in [0.3, 0.4) is 0 Å². The SMILES string of the molecule is CCC1=C(CC)C2=C(Br)C3=NC(=C([N+](=O)[O-])C4=NC(=C([N+](=O)[O-])C5=NC(=C(Br)C1=N2)C(CC)=C5CC)C(CC)=C4CC)C(CC)=C3CC. The summed E-state index contributed by atoms with van der Waals surface area (Å²) in [6.07, 6.45) is 4.39. The van der Waals surface area contributed by atoms with Gasteiger partial charge in [0.2, 0.25) is 0 Å². The Kier molecular flexibility index (Phi) is 10.5. The maximum absolute atomic E-state index is 13.1. The van der Waals surface area contributed by atoms with E-state index in [-0.39, 0.29) is 34.2 Å². The monoisotopic (exact) mass is 778 g/mol. The number of hydrogen-bond acceptors (Lipinski definition) is 8. The molecule has 0 atom stereocenters. The van der Waals surface area contributed by atoms with Crippen molar-refractivity contribution < 1.29 is 9.85 Å². The van der Waals surface area contributed by atoms with E-state index >= 15 is 0 Å². The van der Waals surface area contributed by atoms with Crippen molar-refractivity contribution in [2.24, 2.45) is 20.0 Å². The van der Waals surface area contributed by atoms with Crippen LogP contribution in [0.15, 0.2) is 108 Å². The number of rotatable bonds is 10. The van der Waals surface area contributed by atoms with E-state index in [9.17, 15) is 20.2 Å². The Hall–Kier alpha value is -3.64. The summed E-state index contributed by atoms with van der Waals surface area (Å²) in [7, 11) is 0. The molecular formula is C36H40Br2N6O4. The van der Waals surface area contributed by atoms with Crippen LogP contribution in [0.2, 0.25) is 0 Å². The maximum Gasteiger partial charge on any atom is 0.320 e. The quantitative estimate of drug-likeness (QED) is 0.161. The van der Waals surface area contributed by atoms with Gasteiger partial charge in [-0.15, -0.1) is 0 Å². The Bertz CT molecular complexity index is 1940. The minimum absolute atomic E-state index is 0.128. The fourth-order valence-corrected chi connectivity index (χ4v) is 8.79. The van der Waals surface area contributed by atoms with Crippen LogP contribution in [0.25, 0.3) is 0 Å². The van der Waals surface area contributed by atoms with Gasteiger partial charge in [-0.1, -0.05) is 55.4 Å². The smallest absolute Gasteiger partial charge is 0.258 e. The van der Waals surface area contributed by atoms with Gasteiger partial charge >= 0.3 is 11.4 Å². The molecule has 0 aromatic carbocycles. The first kappa shape index (κ1) is 35.7. The largest absolute Gasteiger partial charge is 0.320 e. The van der Waals surface area contributed by atoms with Crippen LogP contribution in [0.5, 0.6) is 0 Å². The predicted molar refractivity (Wildman–Crippen MR) is 200 cm³/mol. The highest BCUT2D eigenvalue weighted by Crippen LogP contribution is 2.46. The number of hydrogen-bond donors (Lipinski definition) is 0. The summed E-state index contributed by atoms with van der Waals surface area (Å²) < 4.78 is 1.36. The molecule has 0 fully saturated rings. The lowest BCUT2D eigenvalue weighted by atomic mass is 9.92. The highest BCUT2D eigenvalue weighted by atomic mass is 79.9. The first-order valence-electron chi connectivity index (χ1n) is 16.8. The zero-order valence-corrected chi connectivity index (χ0v) is 31.9. The summed E-state index contributed by atoms with van der Waals surface area (Å²) in [5.74, 6) is 0. The summed E-state index contributed by atoms with van der Waals surface area (Å²) in [4.78, 5) is 45.5. The normalized spacial score (nSPS) is 19.9. The number of nitro groups is 2. The van der Waals surface area contributed by atoms with Crippen LogP contribution >= 0.6 is 31.9 Å². The highest BCUT2D eigenvalue weighted by Gasteiger charge is 2.43. The van der Waals surface area contributed by atoms with Gasteiger partial charge in [-0.05, 0) is 128 Å². The summed E-state index contributed by atoms with van der Waals surface area (Å²) >= 11 is 7.78. The molecule has 0 N–H and O–H groups in total. The Morgan fingerprint density at radius 3 is 0.938 bits per heavy atom. The zero-order valence-electron chi connectivity index (χ0n) is 28.7. The molecule has 0 aliphatic carbocycles. The van der Waals surface area contributed by atoms with Crippen molar-refractivity contribution >= 4 is 54.7 Å². The summed E-state index contributed by atoms with van der Waals surface area (Å²) in [6.45, 7) is 15.9. The van der Waals surface area contributed by atoms with E-state index < -0.39 is 9.85 Å². The molecule has 5 rings (SSSR count). The van der Waals surface area contributed by atoms with Crippen molar-refractivity contribution in [1.29, 1.82) is 0 Å². The first-order valence-corrected chi connectivity index (χ1v) is 18.4. The predicted octanol–water partition coefficient (Wildman–Crippen LogP) is 10.5. The standard InChI is InChI=1S/C36H40Br2N6O4/c1-9-17-18(10-2)28-26(38)30-20(12-4)22(14-6)32(41-30)36(44(47)48)34-24(16-8)23(15-7)33(42-34)35(43(45)46)31-21(13-5)19(11-3)29(40-31)25(37)27(17)39-28/h9-16H2,1-8H3. The van der Waals surface area contributed by atoms with Crippen LogP contribution in [0.1, 0.15) is 107 Å². The molecule has 0 aromatic heterocycles. The second-order valence-electron chi connectivity index (χ2n) is 11.7. The van der Waals surface area contributed by atoms with Gasteiger partial charge in [0.05, 0.1) is 41.6 Å². The number of fused-ring (bicyclic) bond motifs is 4. The molecule has 5 heterocycles. The molecule has 0 amide bonds. The van der Waals surface area contributed by atoms with Crippen LogP contribution < -0.4 is 0 Å². The van der Waals surface area contributed by atoms with Crippen LogP contribution in [-0.2, 0) is 0 Å². The van der Waals surface area contributed by atoms with Crippen molar-refractivity contribution in [2.75, 3.05) is 0 Å². The van der Waals surface area contributed by atoms with Crippen molar-refractivity contribution in [3.63, 3.8) is 0 Å². The van der Waals surface area contributed by atoms with E-state index in [2.05, 4.69) is 45.7 Å². The lowest BCUT2D eigenvalue weighted by molar-refractivity contribution is -0.416. The second kappa shape index (κ2) is 14.1. The number of halogens is 2. The van der Waals surface area contributed by atoms with E-state index in [1.54, 1.807) is 0 Å². The number of nitrogens with zero attached hydrogens (tertiary/aromatic N) is 6. The lowest BCUT2D eigenvalue weighted by Crippen LogP contribution is -2.16. The molecule has 5 aliphatic heterocycles. The molecular weight excluding hydrogens is 740 g/mol. The number of allylic oxidation sites excluding steroid dienone is 10. The number of aliphatic imine (C=N–C) groups is 4. The van der Waals surface area contributed by atoms with Gasteiger partial charge in [-0.25, -0.2) is 20.0 Å². The lowest BCUT2D eigenvalue weighted by Gasteiger charge is -2.11. The Labute approximate surface area is 298 Å². The van der Waals surface area contributed by atoms with Gasteiger partial charge in [-0.2, -0.15) is 0 Å². The minimum Gasteiger partial charge on any atom is -0.258 e. The molecule has 0 saturated heterocycles. The van der Waals surface area contributed by atoms with Crippen LogP contribution in [0.4, 0.5) is 0 Å². The van der Waals surface area contributed by atoms with Gasteiger partial charge in [0.1, 0.15) is 22.8 Å². The van der Waals surface area contributed by atoms with E-state index in [0.717, 1.165) is 44.8 Å². The molecule has 48 heavy (non-hydrogen) atoms. The summed E-state index contributed by atoms with van der Waals surface area (Å²) in [5.41, 5.74) is 9.60. The molecule has 0 radical (unpaired) electrons. The van der Waals surface area contributed by atoms with Crippen molar-refractivity contribution in [2.45, 2.75) is 107 Å². The molecule has 0 spiro atoms. The maximum atomic E-state index is 13.1. The van der Waals surface area contributed by atoms with Gasteiger partial charge in [0.25, 0.3) is 0 Å². The van der Waals surface area contributed by atoms with E-state index in [1.165, 1.54) is 0 Å². The molecule has 12 heteroatoms. The second-order valence-corrected chi connectivity index (χ2v) is 13.3. The molecule has 10 nitrogen and oxygen atoms in total. The van der Waals surface area contributed by atoms with E-state index in [4.69, 9.17) is 20.0 Å². The zero-order chi connectivity index (χ0) is 35.2. The topological polar surface area (TPSA) is 136 Å². The third kappa shape index (κ3) is 5.35. The molecule has 5 aliphatic rings. The first-order chi connectivity index (χ1) is 23.0. The average Bonchev–Trinajstić information content (AvgIpc) is 3.83. The average molecular weight is 781 g/mol. The Morgan fingerprint density at radius 1 is 0.417 bits per heavy atom. The van der Waals surface area contributed by atoms with Gasteiger partial charge in [0.15, 0.2) is 0 Å². The molecule has 0 unspecified atom stereocenters. The molecule has 0 saturated carbocycles. The Balaban J connectivity index is 2.09. The van der Waals surface area contributed by atoms with Crippen LogP contribution in [-0.4, -0.2) is 32.7 Å². The molecule has 8 bridgehead atoms. The fraction of sp³-hybridized carbons (Fsp3) is 0.444. The third-order valence-electron chi connectivity index (χ3n) is 9.56. The minimum atomic E-state index is -0.429. The van der Waals surface area contributed by atoms with Gasteiger partial charge in [-0.3, -0.25) is 20.2 Å². The van der Waals surface area contributed by atoms with Crippen molar-refractivity contribution in [3.05, 3.63) is 108 Å². The Morgan fingerprint density at radius 2 is 0.646 bits per heavy atom. The van der Waals surface area contributed by atoms with Crippen molar-refractivity contribution in [1.82, 2.24) is 0 Å². The molecule has 252 valence electrons. The fourth-order valence-electron chi connectivity index (χ4n) is 7.48. The van der Waals surface area contributed by atoms with E-state index in [1.807, 2.05) is 41.5 Å². The van der Waals surface area contributed by atoms with Crippen LogP contribution in [0, 0.1) is 20.2 Å². The summed E-state index contributed by atoms with van der Waals surface area (Å²) in [5, 5.41) is 26.3.